The molecule has 0 radical (unpaired) electrons. The van der Waals surface area contributed by atoms with E-state index in [9.17, 15) is 18.0 Å². The topological polar surface area (TPSA) is 95.9 Å². The lowest BCUT2D eigenvalue weighted by molar-refractivity contribution is -0.133. The molecule has 10 heteroatoms. The first-order valence-electron chi connectivity index (χ1n) is 7.61. The standard InChI is InChI=1S/C15H15Cl2N3O4S/c16-11-2-1-9(7-12(11)17)18-15(22)13-3-4-14(21)20(19-13)10-5-6-25(23,24)8-10/h1-2,7,10H,3-6,8H2,(H,18,22)/t10-/m0/s1. The third kappa shape index (κ3) is 4.13. The van der Waals surface area contributed by atoms with Crippen molar-refractivity contribution in [1.82, 2.24) is 5.01 Å². The summed E-state index contributed by atoms with van der Waals surface area (Å²) in [7, 11) is -3.15. The molecule has 2 amide bonds. The molecule has 0 bridgehead atoms. The zero-order valence-corrected chi connectivity index (χ0v) is 15.4. The van der Waals surface area contributed by atoms with E-state index in [4.69, 9.17) is 23.2 Å². The summed E-state index contributed by atoms with van der Waals surface area (Å²) >= 11 is 11.8. The minimum Gasteiger partial charge on any atom is -0.321 e. The average molecular weight is 404 g/mol. The molecule has 0 aromatic heterocycles. The molecule has 2 aliphatic heterocycles. The van der Waals surface area contributed by atoms with Gasteiger partial charge in [0.05, 0.1) is 27.6 Å². The Morgan fingerprint density at radius 1 is 1.24 bits per heavy atom. The van der Waals surface area contributed by atoms with Crippen molar-refractivity contribution in [3.63, 3.8) is 0 Å². The molecule has 1 atom stereocenters. The number of carbonyl (C=O) groups excluding carboxylic acids is 2. The van der Waals surface area contributed by atoms with Crippen LogP contribution in [0.1, 0.15) is 19.3 Å². The number of nitrogens with zero attached hydrogens (tertiary/aromatic N) is 2. The molecule has 134 valence electrons. The summed E-state index contributed by atoms with van der Waals surface area (Å²) in [5.41, 5.74) is 0.629. The van der Waals surface area contributed by atoms with Crippen molar-refractivity contribution in [2.45, 2.75) is 25.3 Å². The molecule has 3 rings (SSSR count). The van der Waals surface area contributed by atoms with E-state index in [1.807, 2.05) is 0 Å². The van der Waals surface area contributed by atoms with Crippen LogP contribution in [-0.4, -0.2) is 48.5 Å². The number of benzene rings is 1. The average Bonchev–Trinajstić information content (AvgIpc) is 2.91. The lowest BCUT2D eigenvalue weighted by Crippen LogP contribution is -2.42. The van der Waals surface area contributed by atoms with Gasteiger partial charge in [0, 0.05) is 18.5 Å². The molecular formula is C15H15Cl2N3O4S. The number of hydrazone groups is 1. The van der Waals surface area contributed by atoms with Crippen molar-refractivity contribution in [3.8, 4) is 0 Å². The van der Waals surface area contributed by atoms with E-state index in [-0.39, 0.29) is 36.0 Å². The van der Waals surface area contributed by atoms with Gasteiger partial charge in [0.2, 0.25) is 5.91 Å². The lowest BCUT2D eigenvalue weighted by atomic mass is 10.1. The maximum atomic E-state index is 12.4. The number of rotatable bonds is 3. The first-order valence-corrected chi connectivity index (χ1v) is 10.2. The van der Waals surface area contributed by atoms with E-state index < -0.39 is 21.8 Å². The van der Waals surface area contributed by atoms with Crippen molar-refractivity contribution >= 4 is 56.3 Å². The number of amides is 2. The van der Waals surface area contributed by atoms with E-state index in [0.29, 0.717) is 22.2 Å². The highest BCUT2D eigenvalue weighted by atomic mass is 35.5. The number of anilines is 1. The number of halogens is 2. The molecule has 1 saturated heterocycles. The normalized spacial score (nSPS) is 22.6. The maximum absolute atomic E-state index is 12.4. The van der Waals surface area contributed by atoms with E-state index in [1.54, 1.807) is 12.1 Å². The van der Waals surface area contributed by atoms with Crippen LogP contribution in [-0.2, 0) is 19.4 Å². The summed E-state index contributed by atoms with van der Waals surface area (Å²) in [6.07, 6.45) is 0.644. The Morgan fingerprint density at radius 3 is 2.64 bits per heavy atom. The minimum absolute atomic E-state index is 0.0295. The molecule has 2 aliphatic rings. The zero-order valence-electron chi connectivity index (χ0n) is 13.0. The Bertz CT molecular complexity index is 870. The number of hydrogen-bond acceptors (Lipinski definition) is 5. The Hall–Kier alpha value is -1.64. The number of carbonyl (C=O) groups is 2. The van der Waals surface area contributed by atoms with E-state index >= 15 is 0 Å². The van der Waals surface area contributed by atoms with Crippen LogP contribution in [0.15, 0.2) is 23.3 Å². The monoisotopic (exact) mass is 403 g/mol. The Kier molecular flexibility index (Phi) is 5.04. The summed E-state index contributed by atoms with van der Waals surface area (Å²) in [5, 5.41) is 8.59. The van der Waals surface area contributed by atoms with Gasteiger partial charge in [-0.05, 0) is 24.6 Å². The van der Waals surface area contributed by atoms with Crippen LogP contribution in [0.25, 0.3) is 0 Å². The van der Waals surface area contributed by atoms with Gasteiger partial charge in [-0.2, -0.15) is 5.10 Å². The Labute approximate surface area is 154 Å². The second-order valence-electron chi connectivity index (χ2n) is 5.92. The lowest BCUT2D eigenvalue weighted by Gasteiger charge is -2.27. The fraction of sp³-hybridized carbons (Fsp3) is 0.400. The molecule has 0 spiro atoms. The van der Waals surface area contributed by atoms with Crippen LogP contribution < -0.4 is 5.32 Å². The van der Waals surface area contributed by atoms with Crippen LogP contribution in [0.2, 0.25) is 10.0 Å². The van der Waals surface area contributed by atoms with Crippen LogP contribution in [0.5, 0.6) is 0 Å². The molecule has 2 heterocycles. The Morgan fingerprint density at radius 2 is 2.00 bits per heavy atom. The third-order valence-electron chi connectivity index (χ3n) is 4.05. The largest absolute Gasteiger partial charge is 0.321 e. The molecule has 1 N–H and O–H groups in total. The van der Waals surface area contributed by atoms with E-state index in [1.165, 1.54) is 6.07 Å². The Balaban J connectivity index is 1.76. The first-order chi connectivity index (χ1) is 11.7. The fourth-order valence-electron chi connectivity index (χ4n) is 2.77. The molecule has 7 nitrogen and oxygen atoms in total. The van der Waals surface area contributed by atoms with E-state index in [2.05, 4.69) is 10.4 Å². The van der Waals surface area contributed by atoms with E-state index in [0.717, 1.165) is 5.01 Å². The SMILES string of the molecule is O=C(Nc1ccc(Cl)c(Cl)c1)C1=NN([C@H]2CCS(=O)(=O)C2)C(=O)CC1. The molecule has 25 heavy (non-hydrogen) atoms. The predicted octanol–water partition coefficient (Wildman–Crippen LogP) is 2.10. The molecule has 1 fully saturated rings. The van der Waals surface area contributed by atoms with Gasteiger partial charge < -0.3 is 5.32 Å². The van der Waals surface area contributed by atoms with Gasteiger partial charge in [0.15, 0.2) is 9.84 Å². The predicted molar refractivity (Wildman–Crippen MR) is 95.7 cm³/mol. The number of sulfone groups is 1. The summed E-state index contributed by atoms with van der Waals surface area (Å²) in [4.78, 5) is 24.4. The van der Waals surface area contributed by atoms with Gasteiger partial charge >= 0.3 is 0 Å². The van der Waals surface area contributed by atoms with Crippen LogP contribution in [0.4, 0.5) is 5.69 Å². The molecule has 0 unspecified atom stereocenters. The smallest absolute Gasteiger partial charge is 0.271 e. The minimum atomic E-state index is -3.15. The molecule has 0 aliphatic carbocycles. The highest BCUT2D eigenvalue weighted by molar-refractivity contribution is 7.91. The third-order valence-corrected chi connectivity index (χ3v) is 6.54. The summed E-state index contributed by atoms with van der Waals surface area (Å²) in [6.45, 7) is 0. The van der Waals surface area contributed by atoms with Crippen LogP contribution in [0.3, 0.4) is 0 Å². The van der Waals surface area contributed by atoms with Gasteiger partial charge in [0.25, 0.3) is 5.91 Å². The van der Waals surface area contributed by atoms with Crippen molar-refractivity contribution in [2.75, 3.05) is 16.8 Å². The quantitative estimate of drug-likeness (QED) is 0.835. The molecule has 1 aromatic carbocycles. The summed E-state index contributed by atoms with van der Waals surface area (Å²) in [5.74, 6) is -0.823. The van der Waals surface area contributed by atoms with Crippen LogP contribution in [0, 0.1) is 0 Å². The van der Waals surface area contributed by atoms with Crippen molar-refractivity contribution < 1.29 is 18.0 Å². The van der Waals surface area contributed by atoms with Gasteiger partial charge in [-0.3, -0.25) is 9.59 Å². The first kappa shape index (κ1) is 18.2. The molecular weight excluding hydrogens is 389 g/mol. The van der Waals surface area contributed by atoms with Gasteiger partial charge in [-0.15, -0.1) is 0 Å². The second kappa shape index (κ2) is 6.93. The van der Waals surface area contributed by atoms with Gasteiger partial charge in [-0.1, -0.05) is 23.2 Å². The highest BCUT2D eigenvalue weighted by Crippen LogP contribution is 2.26. The maximum Gasteiger partial charge on any atom is 0.271 e. The van der Waals surface area contributed by atoms with Gasteiger partial charge in [0.1, 0.15) is 5.71 Å². The molecule has 0 saturated carbocycles. The highest BCUT2D eigenvalue weighted by Gasteiger charge is 2.37. The van der Waals surface area contributed by atoms with Gasteiger partial charge in [-0.25, -0.2) is 13.4 Å². The fourth-order valence-corrected chi connectivity index (χ4v) is 4.76. The number of hydrogen-bond donors (Lipinski definition) is 1. The van der Waals surface area contributed by atoms with Crippen molar-refractivity contribution in [2.24, 2.45) is 5.10 Å². The van der Waals surface area contributed by atoms with Crippen LogP contribution >= 0.6 is 23.2 Å². The van der Waals surface area contributed by atoms with Crippen molar-refractivity contribution in [1.29, 1.82) is 0 Å². The summed E-state index contributed by atoms with van der Waals surface area (Å²) < 4.78 is 23.2. The molecule has 1 aromatic rings. The zero-order chi connectivity index (χ0) is 18.2. The second-order valence-corrected chi connectivity index (χ2v) is 8.97. The number of nitrogens with one attached hydrogen (secondary N) is 1. The van der Waals surface area contributed by atoms with Crippen molar-refractivity contribution in [3.05, 3.63) is 28.2 Å². The summed E-state index contributed by atoms with van der Waals surface area (Å²) in [6, 6.07) is 4.16.